The second-order valence-corrected chi connectivity index (χ2v) is 7.00. The summed E-state index contributed by atoms with van der Waals surface area (Å²) in [7, 11) is 1.71. The molecule has 2 N–H and O–H groups in total. The largest absolute Gasteiger partial charge is 0.375 e. The number of carbonyl (C=O) groups is 2. The highest BCUT2D eigenvalue weighted by atomic mass is 16.5. The molecular formula is C18H25N3O3. The molecule has 3 amide bonds. The summed E-state index contributed by atoms with van der Waals surface area (Å²) >= 11 is 0. The van der Waals surface area contributed by atoms with Crippen molar-refractivity contribution in [3.8, 4) is 0 Å². The Balaban J connectivity index is 1.64. The second kappa shape index (κ2) is 6.43. The van der Waals surface area contributed by atoms with Crippen molar-refractivity contribution in [3.05, 3.63) is 24.3 Å². The Morgan fingerprint density at radius 3 is 2.75 bits per heavy atom. The number of nitrogens with zero attached hydrogens (tertiary/aromatic N) is 1. The number of amides is 3. The van der Waals surface area contributed by atoms with Crippen molar-refractivity contribution in [1.29, 1.82) is 0 Å². The van der Waals surface area contributed by atoms with Gasteiger partial charge in [-0.2, -0.15) is 0 Å². The number of urea groups is 1. The van der Waals surface area contributed by atoms with Gasteiger partial charge in [-0.25, -0.2) is 4.79 Å². The molecule has 2 aliphatic rings. The monoisotopic (exact) mass is 331 g/mol. The maximum Gasteiger partial charge on any atom is 0.319 e. The molecular weight excluding hydrogens is 306 g/mol. The third-order valence-corrected chi connectivity index (χ3v) is 4.96. The first-order valence-corrected chi connectivity index (χ1v) is 8.44. The maximum absolute atomic E-state index is 12.4. The second-order valence-electron chi connectivity index (χ2n) is 7.00. The van der Waals surface area contributed by atoms with E-state index in [-0.39, 0.29) is 23.6 Å². The van der Waals surface area contributed by atoms with E-state index in [1.807, 2.05) is 18.2 Å². The van der Waals surface area contributed by atoms with Crippen molar-refractivity contribution in [1.82, 2.24) is 5.32 Å². The van der Waals surface area contributed by atoms with Crippen LogP contribution in [0.5, 0.6) is 0 Å². The normalized spacial score (nSPS) is 26.0. The van der Waals surface area contributed by atoms with E-state index in [0.29, 0.717) is 18.2 Å². The van der Waals surface area contributed by atoms with Gasteiger partial charge in [0, 0.05) is 32.0 Å². The van der Waals surface area contributed by atoms with Crippen molar-refractivity contribution < 1.29 is 14.3 Å². The van der Waals surface area contributed by atoms with Crippen LogP contribution in [0.15, 0.2) is 24.3 Å². The van der Waals surface area contributed by atoms with E-state index < -0.39 is 0 Å². The quantitative estimate of drug-likeness (QED) is 0.891. The Hall–Kier alpha value is -2.08. The molecule has 6 heteroatoms. The zero-order valence-corrected chi connectivity index (χ0v) is 14.5. The van der Waals surface area contributed by atoms with Crippen LogP contribution in [0.2, 0.25) is 0 Å². The van der Waals surface area contributed by atoms with E-state index >= 15 is 0 Å². The van der Waals surface area contributed by atoms with E-state index in [1.165, 1.54) is 19.8 Å². The Morgan fingerprint density at radius 2 is 2.08 bits per heavy atom. The zero-order chi connectivity index (χ0) is 17.3. The van der Waals surface area contributed by atoms with E-state index in [4.69, 9.17) is 4.74 Å². The van der Waals surface area contributed by atoms with Crippen LogP contribution in [-0.4, -0.2) is 37.2 Å². The van der Waals surface area contributed by atoms with Gasteiger partial charge < -0.3 is 20.3 Å². The molecule has 6 nitrogen and oxygen atoms in total. The standard InChI is InChI=1S/C18H25N3O3/c1-12(22)21(3)15-6-4-5-14(11-15)19-17(23)20-18(2)9-10-24-16(18)13-7-8-13/h4-6,11,13,16H,7-10H2,1-3H3,(H2,19,20,23)/t16-,18-/m0/s1. The van der Waals surface area contributed by atoms with Crippen LogP contribution in [0.1, 0.15) is 33.1 Å². The first kappa shape index (κ1) is 16.8. The molecule has 1 heterocycles. The van der Waals surface area contributed by atoms with Gasteiger partial charge in [-0.15, -0.1) is 0 Å². The van der Waals surface area contributed by atoms with Crippen molar-refractivity contribution >= 4 is 23.3 Å². The number of anilines is 2. The summed E-state index contributed by atoms with van der Waals surface area (Å²) in [5.74, 6) is 0.518. The molecule has 1 aliphatic heterocycles. The minimum absolute atomic E-state index is 0.0560. The van der Waals surface area contributed by atoms with Crippen LogP contribution in [0, 0.1) is 5.92 Å². The number of ether oxygens (including phenoxy) is 1. The van der Waals surface area contributed by atoms with Crippen LogP contribution in [-0.2, 0) is 9.53 Å². The molecule has 0 bridgehead atoms. The van der Waals surface area contributed by atoms with Gasteiger partial charge in [0.2, 0.25) is 5.91 Å². The maximum atomic E-state index is 12.4. The average molecular weight is 331 g/mol. The topological polar surface area (TPSA) is 70.7 Å². The smallest absolute Gasteiger partial charge is 0.319 e. The molecule has 2 fully saturated rings. The number of carbonyl (C=O) groups excluding carboxylic acids is 2. The Bertz CT molecular complexity index is 644. The SMILES string of the molecule is CC(=O)N(C)c1cccc(NC(=O)N[C@@]2(C)CCO[C@H]2C2CC2)c1. The van der Waals surface area contributed by atoms with Gasteiger partial charge >= 0.3 is 6.03 Å². The van der Waals surface area contributed by atoms with Gasteiger partial charge in [0.1, 0.15) is 0 Å². The molecule has 1 aliphatic carbocycles. The molecule has 0 radical (unpaired) electrons. The lowest BCUT2D eigenvalue weighted by Crippen LogP contribution is -2.53. The van der Waals surface area contributed by atoms with E-state index in [0.717, 1.165) is 12.1 Å². The lowest BCUT2D eigenvalue weighted by atomic mass is 9.90. The van der Waals surface area contributed by atoms with Crippen molar-refractivity contribution in [3.63, 3.8) is 0 Å². The van der Waals surface area contributed by atoms with Gasteiger partial charge in [-0.3, -0.25) is 4.79 Å². The fraction of sp³-hybridized carbons (Fsp3) is 0.556. The number of hydrogen-bond donors (Lipinski definition) is 2. The minimum atomic E-state index is -0.320. The van der Waals surface area contributed by atoms with Crippen LogP contribution in [0.4, 0.5) is 16.2 Å². The molecule has 1 saturated carbocycles. The summed E-state index contributed by atoms with van der Waals surface area (Å²) in [5.41, 5.74) is 1.08. The van der Waals surface area contributed by atoms with Crippen LogP contribution in [0.25, 0.3) is 0 Å². The molecule has 0 spiro atoms. The van der Waals surface area contributed by atoms with Gasteiger partial charge in [-0.05, 0) is 50.3 Å². The fourth-order valence-electron chi connectivity index (χ4n) is 3.31. The average Bonchev–Trinajstić information content (AvgIpc) is 3.29. The van der Waals surface area contributed by atoms with Crippen LogP contribution >= 0.6 is 0 Å². The molecule has 1 aromatic rings. The van der Waals surface area contributed by atoms with Crippen LogP contribution < -0.4 is 15.5 Å². The van der Waals surface area contributed by atoms with E-state index in [9.17, 15) is 9.59 Å². The number of nitrogens with one attached hydrogen (secondary N) is 2. The highest BCUT2D eigenvalue weighted by molar-refractivity contribution is 5.93. The minimum Gasteiger partial charge on any atom is -0.375 e. The summed E-state index contributed by atoms with van der Waals surface area (Å²) < 4.78 is 5.83. The lowest BCUT2D eigenvalue weighted by Gasteiger charge is -2.31. The third kappa shape index (κ3) is 3.53. The molecule has 3 rings (SSSR count). The lowest BCUT2D eigenvalue weighted by molar-refractivity contribution is -0.116. The fourth-order valence-corrected chi connectivity index (χ4v) is 3.31. The van der Waals surface area contributed by atoms with Gasteiger partial charge in [0.25, 0.3) is 0 Å². The Kier molecular flexibility index (Phi) is 4.49. The van der Waals surface area contributed by atoms with Gasteiger partial charge in [0.05, 0.1) is 11.6 Å². The molecule has 0 aromatic heterocycles. The first-order valence-electron chi connectivity index (χ1n) is 8.44. The number of benzene rings is 1. The molecule has 2 atom stereocenters. The molecule has 0 unspecified atom stereocenters. The summed E-state index contributed by atoms with van der Waals surface area (Å²) in [6, 6.07) is 7.00. The van der Waals surface area contributed by atoms with Crippen molar-refractivity contribution in [2.75, 3.05) is 23.9 Å². The zero-order valence-electron chi connectivity index (χ0n) is 14.5. The molecule has 1 aromatic carbocycles. The highest BCUT2D eigenvalue weighted by Gasteiger charge is 2.49. The highest BCUT2D eigenvalue weighted by Crippen LogP contribution is 2.43. The van der Waals surface area contributed by atoms with Crippen LogP contribution in [0.3, 0.4) is 0 Å². The predicted molar refractivity (Wildman–Crippen MR) is 93.2 cm³/mol. The summed E-state index contributed by atoms with van der Waals surface area (Å²) in [5, 5.41) is 5.96. The number of rotatable bonds is 4. The molecule has 24 heavy (non-hydrogen) atoms. The molecule has 1 saturated heterocycles. The van der Waals surface area contributed by atoms with Crippen molar-refractivity contribution in [2.45, 2.75) is 44.8 Å². The predicted octanol–water partition coefficient (Wildman–Crippen LogP) is 2.75. The third-order valence-electron chi connectivity index (χ3n) is 4.96. The first-order chi connectivity index (χ1) is 11.4. The summed E-state index contributed by atoms with van der Waals surface area (Å²) in [6.45, 7) is 4.26. The Labute approximate surface area is 142 Å². The van der Waals surface area contributed by atoms with Gasteiger partial charge in [-0.1, -0.05) is 6.07 Å². The van der Waals surface area contributed by atoms with E-state index in [1.54, 1.807) is 18.0 Å². The van der Waals surface area contributed by atoms with Gasteiger partial charge in [0.15, 0.2) is 0 Å². The summed E-state index contributed by atoms with van der Waals surface area (Å²) in [6.07, 6.45) is 3.30. The Morgan fingerprint density at radius 1 is 1.33 bits per heavy atom. The summed E-state index contributed by atoms with van der Waals surface area (Å²) in [4.78, 5) is 25.4. The van der Waals surface area contributed by atoms with Crippen molar-refractivity contribution in [2.24, 2.45) is 5.92 Å². The molecule has 130 valence electrons. The van der Waals surface area contributed by atoms with E-state index in [2.05, 4.69) is 17.6 Å². The number of hydrogen-bond acceptors (Lipinski definition) is 3.